The Kier molecular flexibility index (Phi) is 4.72. The lowest BCUT2D eigenvalue weighted by molar-refractivity contribution is -0.122. The van der Waals surface area contributed by atoms with Crippen LogP contribution in [0.1, 0.15) is 10.4 Å². The number of nitrogens with one attached hydrogen (secondary N) is 1. The molecule has 0 aliphatic rings. The molecule has 8 nitrogen and oxygen atoms in total. The van der Waals surface area contributed by atoms with Crippen molar-refractivity contribution in [2.45, 2.75) is 6.54 Å². The molecule has 0 aromatic carbocycles. The fourth-order valence-corrected chi connectivity index (χ4v) is 1.81. The Balaban J connectivity index is 2.17. The van der Waals surface area contributed by atoms with Crippen molar-refractivity contribution < 1.29 is 18.7 Å². The van der Waals surface area contributed by atoms with Crippen LogP contribution in [0.3, 0.4) is 0 Å². The number of aldehydes is 1. The highest BCUT2D eigenvalue weighted by atomic mass is 16.5. The Morgan fingerprint density at radius 2 is 2.43 bits per heavy atom. The lowest BCUT2D eigenvalue weighted by atomic mass is 10.2. The van der Waals surface area contributed by atoms with Gasteiger partial charge in [0.2, 0.25) is 5.91 Å². The fraction of sp³-hybridized carbons (Fsp3) is 0.308. The number of rotatable bonds is 7. The molecule has 21 heavy (non-hydrogen) atoms. The molecule has 0 unspecified atom stereocenters. The number of aromatic nitrogens is 2. The fourth-order valence-electron chi connectivity index (χ4n) is 1.81. The summed E-state index contributed by atoms with van der Waals surface area (Å²) in [5.41, 5.74) is 6.37. The molecule has 2 aromatic heterocycles. The highest BCUT2D eigenvalue weighted by Crippen LogP contribution is 2.25. The van der Waals surface area contributed by atoms with Gasteiger partial charge in [0, 0.05) is 13.7 Å². The first-order valence-electron chi connectivity index (χ1n) is 6.28. The molecule has 0 bridgehead atoms. The largest absolute Gasteiger partial charge is 0.463 e. The van der Waals surface area contributed by atoms with Gasteiger partial charge in [0.15, 0.2) is 12.0 Å². The van der Waals surface area contributed by atoms with Crippen LogP contribution < -0.4 is 11.1 Å². The maximum Gasteiger partial charge on any atom is 0.241 e. The second kappa shape index (κ2) is 6.71. The van der Waals surface area contributed by atoms with Crippen molar-refractivity contribution >= 4 is 18.0 Å². The van der Waals surface area contributed by atoms with E-state index in [2.05, 4.69) is 10.4 Å². The van der Waals surface area contributed by atoms with Crippen LogP contribution in [0.25, 0.3) is 11.5 Å². The smallest absolute Gasteiger partial charge is 0.241 e. The zero-order chi connectivity index (χ0) is 15.2. The quantitative estimate of drug-likeness (QED) is 0.560. The second-order valence-corrected chi connectivity index (χ2v) is 4.24. The Bertz CT molecular complexity index is 618. The van der Waals surface area contributed by atoms with Gasteiger partial charge >= 0.3 is 0 Å². The second-order valence-electron chi connectivity index (χ2n) is 4.24. The summed E-state index contributed by atoms with van der Waals surface area (Å²) in [4.78, 5) is 22.9. The molecule has 0 aliphatic carbocycles. The van der Waals surface area contributed by atoms with Gasteiger partial charge in [0.1, 0.15) is 18.1 Å². The van der Waals surface area contributed by atoms with E-state index >= 15 is 0 Å². The summed E-state index contributed by atoms with van der Waals surface area (Å²) >= 11 is 0. The average Bonchev–Trinajstić information content (AvgIpc) is 3.08. The van der Waals surface area contributed by atoms with Crippen molar-refractivity contribution in [1.82, 2.24) is 15.1 Å². The van der Waals surface area contributed by atoms with Crippen LogP contribution in [-0.2, 0) is 16.1 Å². The molecule has 0 atom stereocenters. The van der Waals surface area contributed by atoms with Gasteiger partial charge < -0.3 is 20.2 Å². The van der Waals surface area contributed by atoms with Crippen LogP contribution in [0.4, 0.5) is 5.82 Å². The van der Waals surface area contributed by atoms with Crippen LogP contribution in [0.15, 0.2) is 22.8 Å². The van der Waals surface area contributed by atoms with Gasteiger partial charge in [-0.15, -0.1) is 0 Å². The lowest BCUT2D eigenvalue weighted by Crippen LogP contribution is -2.31. The normalized spacial score (nSPS) is 10.5. The molecular formula is C13H16N4O4. The van der Waals surface area contributed by atoms with Crippen LogP contribution in [-0.4, -0.2) is 42.2 Å². The molecule has 112 valence electrons. The first-order valence-corrected chi connectivity index (χ1v) is 6.28. The summed E-state index contributed by atoms with van der Waals surface area (Å²) in [6.45, 7) is 0.719. The van der Waals surface area contributed by atoms with Crippen LogP contribution in [0, 0.1) is 0 Å². The number of nitrogens with zero attached hydrogens (tertiary/aromatic N) is 2. The molecule has 0 radical (unpaired) electrons. The number of carbonyl (C=O) groups excluding carboxylic acids is 2. The lowest BCUT2D eigenvalue weighted by Gasteiger charge is -2.05. The zero-order valence-electron chi connectivity index (χ0n) is 11.5. The van der Waals surface area contributed by atoms with Crippen LogP contribution >= 0.6 is 0 Å². The number of amides is 1. The van der Waals surface area contributed by atoms with Gasteiger partial charge in [-0.1, -0.05) is 0 Å². The summed E-state index contributed by atoms with van der Waals surface area (Å²) in [5.74, 6) is 0.269. The number of methoxy groups -OCH3 is 1. The summed E-state index contributed by atoms with van der Waals surface area (Å²) in [7, 11) is 1.55. The molecule has 8 heteroatoms. The zero-order valence-corrected chi connectivity index (χ0v) is 11.5. The van der Waals surface area contributed by atoms with Gasteiger partial charge in [-0.3, -0.25) is 9.59 Å². The third-order valence-electron chi connectivity index (χ3n) is 2.82. The third-order valence-corrected chi connectivity index (χ3v) is 2.82. The van der Waals surface area contributed by atoms with Gasteiger partial charge in [0.05, 0.1) is 18.4 Å². The third kappa shape index (κ3) is 3.29. The molecule has 0 saturated heterocycles. The number of carbonyl (C=O) groups is 2. The van der Waals surface area contributed by atoms with Gasteiger partial charge in [-0.2, -0.15) is 5.10 Å². The minimum absolute atomic E-state index is 0.0862. The molecule has 0 saturated carbocycles. The molecule has 0 aliphatic heterocycles. The van der Waals surface area contributed by atoms with Crippen molar-refractivity contribution in [2.24, 2.45) is 0 Å². The Morgan fingerprint density at radius 3 is 3.05 bits per heavy atom. The number of nitrogen functional groups attached to an aromatic ring is 1. The average molecular weight is 292 g/mol. The van der Waals surface area contributed by atoms with Crippen molar-refractivity contribution in [3.8, 4) is 11.5 Å². The maximum absolute atomic E-state index is 11.7. The Hall–Kier alpha value is -2.61. The number of nitrogens with two attached hydrogens (primary N) is 1. The van der Waals surface area contributed by atoms with Crippen LogP contribution in [0.5, 0.6) is 0 Å². The van der Waals surface area contributed by atoms with E-state index in [4.69, 9.17) is 14.9 Å². The van der Waals surface area contributed by atoms with Gasteiger partial charge in [-0.25, -0.2) is 4.68 Å². The summed E-state index contributed by atoms with van der Waals surface area (Å²) in [5, 5.41) is 6.81. The standard InChI is InChI=1S/C13H16N4O4/c1-20-6-4-15-11(19)7-17-13(14)9(8-18)12(16-17)10-3-2-5-21-10/h2-3,5,8H,4,6-7,14H2,1H3,(H,15,19). The first kappa shape index (κ1) is 14.8. The van der Waals surface area contributed by atoms with Crippen molar-refractivity contribution in [3.05, 3.63) is 24.0 Å². The van der Waals surface area contributed by atoms with Crippen molar-refractivity contribution in [2.75, 3.05) is 26.0 Å². The van der Waals surface area contributed by atoms with E-state index < -0.39 is 0 Å². The van der Waals surface area contributed by atoms with Crippen LogP contribution in [0.2, 0.25) is 0 Å². The number of anilines is 1. The highest BCUT2D eigenvalue weighted by Gasteiger charge is 2.19. The number of ether oxygens (including phenoxy) is 1. The van der Waals surface area contributed by atoms with Gasteiger partial charge in [-0.05, 0) is 12.1 Å². The van der Waals surface area contributed by atoms with E-state index in [1.807, 2.05) is 0 Å². The molecule has 2 heterocycles. The van der Waals surface area contributed by atoms with Gasteiger partial charge in [0.25, 0.3) is 0 Å². The number of hydrogen-bond donors (Lipinski definition) is 2. The topological polar surface area (TPSA) is 112 Å². The summed E-state index contributed by atoms with van der Waals surface area (Å²) in [6, 6.07) is 3.34. The predicted molar refractivity (Wildman–Crippen MR) is 74.6 cm³/mol. The van der Waals surface area contributed by atoms with E-state index in [9.17, 15) is 9.59 Å². The number of hydrogen-bond acceptors (Lipinski definition) is 6. The molecular weight excluding hydrogens is 276 g/mol. The molecule has 3 N–H and O–H groups in total. The Labute approximate surface area is 120 Å². The molecule has 2 rings (SSSR count). The highest BCUT2D eigenvalue weighted by molar-refractivity contribution is 5.91. The van der Waals surface area contributed by atoms with E-state index in [0.717, 1.165) is 0 Å². The van der Waals surface area contributed by atoms with E-state index in [0.29, 0.717) is 30.9 Å². The van der Waals surface area contributed by atoms with Crippen molar-refractivity contribution in [1.29, 1.82) is 0 Å². The maximum atomic E-state index is 11.7. The Morgan fingerprint density at radius 1 is 1.62 bits per heavy atom. The predicted octanol–water partition coefficient (Wildman–Crippen LogP) is 0.300. The molecule has 1 amide bonds. The van der Waals surface area contributed by atoms with E-state index in [1.165, 1.54) is 10.9 Å². The molecule has 2 aromatic rings. The minimum Gasteiger partial charge on any atom is -0.463 e. The first-order chi connectivity index (χ1) is 10.2. The van der Waals surface area contributed by atoms with E-state index in [1.54, 1.807) is 19.2 Å². The van der Waals surface area contributed by atoms with Crippen molar-refractivity contribution in [3.63, 3.8) is 0 Å². The monoisotopic (exact) mass is 292 g/mol. The molecule has 0 spiro atoms. The summed E-state index contributed by atoms with van der Waals surface area (Å²) in [6.07, 6.45) is 2.07. The SMILES string of the molecule is COCCNC(=O)Cn1nc(-c2ccco2)c(C=O)c1N. The molecule has 0 fully saturated rings. The van der Waals surface area contributed by atoms with E-state index in [-0.39, 0.29) is 23.8 Å². The number of furan rings is 1. The minimum atomic E-state index is -0.273. The summed E-state index contributed by atoms with van der Waals surface area (Å²) < 4.78 is 11.3.